The van der Waals surface area contributed by atoms with Crippen LogP contribution in [0.5, 0.6) is 0 Å². The minimum absolute atomic E-state index is 0.00211. The highest BCUT2D eigenvalue weighted by Gasteiger charge is 2.36. The number of amides is 1. The molecule has 19 heavy (non-hydrogen) atoms. The second-order valence-electron chi connectivity index (χ2n) is 4.90. The van der Waals surface area contributed by atoms with Crippen LogP contribution in [0, 0.1) is 6.92 Å². The quantitative estimate of drug-likeness (QED) is 0.802. The second kappa shape index (κ2) is 5.52. The molecule has 0 aliphatic carbocycles. The molecule has 1 fully saturated rings. The molecule has 6 nitrogen and oxygen atoms in total. The summed E-state index contributed by atoms with van der Waals surface area (Å²) in [6, 6.07) is -0.234. The van der Waals surface area contributed by atoms with E-state index in [1.165, 1.54) is 0 Å². The SMILES string of the molecule is CCc1cnc(C)nc1N1C[C@H](N)C[C@H]1C(=O)NC. The van der Waals surface area contributed by atoms with E-state index in [-0.39, 0.29) is 18.0 Å². The number of anilines is 1. The summed E-state index contributed by atoms with van der Waals surface area (Å²) in [5.41, 5.74) is 7.06. The molecule has 104 valence electrons. The van der Waals surface area contributed by atoms with Gasteiger partial charge in [0.1, 0.15) is 17.7 Å². The predicted octanol–water partition coefficient (Wildman–Crippen LogP) is -0.000580. The highest BCUT2D eigenvalue weighted by atomic mass is 16.2. The molecule has 0 bridgehead atoms. The summed E-state index contributed by atoms with van der Waals surface area (Å²) in [6.45, 7) is 4.57. The first-order chi connectivity index (χ1) is 9.06. The molecule has 1 saturated heterocycles. The molecule has 6 heteroatoms. The Morgan fingerprint density at radius 2 is 2.37 bits per heavy atom. The Labute approximate surface area is 113 Å². The molecule has 2 rings (SSSR count). The van der Waals surface area contributed by atoms with Crippen LogP contribution < -0.4 is 16.0 Å². The largest absolute Gasteiger partial charge is 0.357 e. The maximum absolute atomic E-state index is 12.0. The fourth-order valence-corrected chi connectivity index (χ4v) is 2.50. The molecular weight excluding hydrogens is 242 g/mol. The minimum atomic E-state index is -0.236. The smallest absolute Gasteiger partial charge is 0.242 e. The Kier molecular flexibility index (Phi) is 3.99. The van der Waals surface area contributed by atoms with E-state index in [9.17, 15) is 4.79 Å². The van der Waals surface area contributed by atoms with E-state index in [0.29, 0.717) is 18.8 Å². The zero-order chi connectivity index (χ0) is 14.0. The van der Waals surface area contributed by atoms with Gasteiger partial charge in [0.15, 0.2) is 0 Å². The molecule has 1 aliphatic heterocycles. The molecule has 2 atom stereocenters. The molecule has 0 spiro atoms. The lowest BCUT2D eigenvalue weighted by atomic mass is 10.1. The number of aryl methyl sites for hydroxylation is 2. The van der Waals surface area contributed by atoms with Gasteiger partial charge < -0.3 is 16.0 Å². The summed E-state index contributed by atoms with van der Waals surface area (Å²) < 4.78 is 0. The number of hydrogen-bond donors (Lipinski definition) is 2. The second-order valence-corrected chi connectivity index (χ2v) is 4.90. The van der Waals surface area contributed by atoms with Gasteiger partial charge in [0.2, 0.25) is 5.91 Å². The number of carbonyl (C=O) groups is 1. The number of nitrogens with one attached hydrogen (secondary N) is 1. The van der Waals surface area contributed by atoms with Crippen molar-refractivity contribution in [2.45, 2.75) is 38.8 Å². The highest BCUT2D eigenvalue weighted by molar-refractivity contribution is 5.85. The summed E-state index contributed by atoms with van der Waals surface area (Å²) in [7, 11) is 1.65. The van der Waals surface area contributed by atoms with Crippen LogP contribution in [0.2, 0.25) is 0 Å². The van der Waals surface area contributed by atoms with Crippen LogP contribution in [0.4, 0.5) is 5.82 Å². The van der Waals surface area contributed by atoms with Gasteiger partial charge in [-0.25, -0.2) is 9.97 Å². The molecule has 0 saturated carbocycles. The van der Waals surface area contributed by atoms with Crippen LogP contribution in [-0.4, -0.2) is 41.6 Å². The van der Waals surface area contributed by atoms with Gasteiger partial charge in [-0.15, -0.1) is 0 Å². The summed E-state index contributed by atoms with van der Waals surface area (Å²) in [4.78, 5) is 22.7. The maximum Gasteiger partial charge on any atom is 0.242 e. The molecule has 2 heterocycles. The van der Waals surface area contributed by atoms with E-state index in [0.717, 1.165) is 17.8 Å². The highest BCUT2D eigenvalue weighted by Crippen LogP contribution is 2.26. The monoisotopic (exact) mass is 263 g/mol. The zero-order valence-corrected chi connectivity index (χ0v) is 11.7. The average Bonchev–Trinajstić information content (AvgIpc) is 2.79. The van der Waals surface area contributed by atoms with Crippen molar-refractivity contribution in [3.05, 3.63) is 17.6 Å². The normalized spacial score (nSPS) is 22.6. The summed E-state index contributed by atoms with van der Waals surface area (Å²) in [5.74, 6) is 1.55. The lowest BCUT2D eigenvalue weighted by molar-refractivity contribution is -0.121. The fraction of sp³-hybridized carbons (Fsp3) is 0.615. The third kappa shape index (κ3) is 2.68. The van der Waals surface area contributed by atoms with Gasteiger partial charge in [0.25, 0.3) is 0 Å². The topological polar surface area (TPSA) is 84.1 Å². The molecule has 0 aromatic carbocycles. The lowest BCUT2D eigenvalue weighted by Gasteiger charge is -2.26. The van der Waals surface area contributed by atoms with E-state index < -0.39 is 0 Å². The van der Waals surface area contributed by atoms with Gasteiger partial charge >= 0.3 is 0 Å². The number of likely N-dealkylation sites (N-methyl/N-ethyl adjacent to an activating group) is 1. The van der Waals surface area contributed by atoms with Crippen molar-refractivity contribution >= 4 is 11.7 Å². The number of aromatic nitrogens is 2. The van der Waals surface area contributed by atoms with Crippen molar-refractivity contribution in [1.82, 2.24) is 15.3 Å². The molecule has 3 N–H and O–H groups in total. The number of rotatable bonds is 3. The molecule has 1 amide bonds. The summed E-state index contributed by atoms with van der Waals surface area (Å²) in [6.07, 6.45) is 3.33. The Morgan fingerprint density at radius 1 is 1.63 bits per heavy atom. The van der Waals surface area contributed by atoms with Gasteiger partial charge in [0, 0.05) is 31.4 Å². The van der Waals surface area contributed by atoms with Crippen LogP contribution >= 0.6 is 0 Å². The van der Waals surface area contributed by atoms with Crippen molar-refractivity contribution in [3.63, 3.8) is 0 Å². The van der Waals surface area contributed by atoms with Gasteiger partial charge in [0.05, 0.1) is 0 Å². The first kappa shape index (κ1) is 13.7. The van der Waals surface area contributed by atoms with Crippen LogP contribution in [0.25, 0.3) is 0 Å². The van der Waals surface area contributed by atoms with Gasteiger partial charge in [-0.1, -0.05) is 6.92 Å². The van der Waals surface area contributed by atoms with Crippen LogP contribution in [0.15, 0.2) is 6.20 Å². The molecule has 1 aromatic heterocycles. The van der Waals surface area contributed by atoms with E-state index >= 15 is 0 Å². The number of nitrogens with zero attached hydrogens (tertiary/aromatic N) is 3. The van der Waals surface area contributed by atoms with Crippen LogP contribution in [0.3, 0.4) is 0 Å². The Balaban J connectivity index is 2.38. The molecule has 0 radical (unpaired) electrons. The Hall–Kier alpha value is -1.69. The molecule has 1 aliphatic rings. The third-order valence-corrected chi connectivity index (χ3v) is 3.50. The zero-order valence-electron chi connectivity index (χ0n) is 11.7. The van der Waals surface area contributed by atoms with Crippen molar-refractivity contribution in [3.8, 4) is 0 Å². The maximum atomic E-state index is 12.0. The average molecular weight is 263 g/mol. The summed E-state index contributed by atoms with van der Waals surface area (Å²) >= 11 is 0. The van der Waals surface area contributed by atoms with E-state index in [2.05, 4.69) is 22.2 Å². The molecule has 1 aromatic rings. The Bertz CT molecular complexity index is 476. The van der Waals surface area contributed by atoms with Crippen molar-refractivity contribution in [1.29, 1.82) is 0 Å². The fourth-order valence-electron chi connectivity index (χ4n) is 2.50. The van der Waals surface area contributed by atoms with E-state index in [1.807, 2.05) is 18.0 Å². The lowest BCUT2D eigenvalue weighted by Crippen LogP contribution is -2.42. The van der Waals surface area contributed by atoms with Gasteiger partial charge in [-0.05, 0) is 19.8 Å². The predicted molar refractivity (Wildman–Crippen MR) is 73.9 cm³/mol. The van der Waals surface area contributed by atoms with Gasteiger partial charge in [-0.3, -0.25) is 4.79 Å². The number of nitrogens with two attached hydrogens (primary N) is 1. The van der Waals surface area contributed by atoms with Gasteiger partial charge in [-0.2, -0.15) is 0 Å². The van der Waals surface area contributed by atoms with Crippen molar-refractivity contribution in [2.75, 3.05) is 18.5 Å². The number of hydrogen-bond acceptors (Lipinski definition) is 5. The molecule has 0 unspecified atom stereocenters. The van der Waals surface area contributed by atoms with Crippen LogP contribution in [-0.2, 0) is 11.2 Å². The van der Waals surface area contributed by atoms with Crippen molar-refractivity contribution < 1.29 is 4.79 Å². The third-order valence-electron chi connectivity index (χ3n) is 3.50. The minimum Gasteiger partial charge on any atom is -0.357 e. The number of carbonyl (C=O) groups excluding carboxylic acids is 1. The standard InChI is InChI=1S/C13H21N5O/c1-4-9-6-16-8(2)17-12(9)18-7-10(14)5-11(18)13(19)15-3/h6,10-11H,4-5,7,14H2,1-3H3,(H,15,19)/t10-,11+/m1/s1. The van der Waals surface area contributed by atoms with Crippen molar-refractivity contribution in [2.24, 2.45) is 5.73 Å². The van der Waals surface area contributed by atoms with E-state index in [1.54, 1.807) is 7.05 Å². The van der Waals surface area contributed by atoms with Crippen LogP contribution in [0.1, 0.15) is 24.7 Å². The van der Waals surface area contributed by atoms with E-state index in [4.69, 9.17) is 5.73 Å². The first-order valence-electron chi connectivity index (χ1n) is 6.63. The summed E-state index contributed by atoms with van der Waals surface area (Å²) in [5, 5.41) is 2.70. The first-order valence-corrected chi connectivity index (χ1v) is 6.63. The Morgan fingerprint density at radius 3 is 3.00 bits per heavy atom. The molecular formula is C13H21N5O.